The standard InChI is InChI=1S/C18H25NOS/c1-4-10-19-18(17-13-21-12-14(17)2)16-7-5-15(6-8-16)9-11-20-3/h5-8,12-13,18-19H,4,9-11H2,1-3H3. The van der Waals surface area contributed by atoms with Crippen LogP contribution in [0.5, 0.6) is 0 Å². The third-order valence-corrected chi connectivity index (χ3v) is 4.59. The van der Waals surface area contributed by atoms with E-state index in [1.165, 1.54) is 22.3 Å². The molecule has 1 atom stereocenters. The van der Waals surface area contributed by atoms with Gasteiger partial charge in [0.25, 0.3) is 0 Å². The summed E-state index contributed by atoms with van der Waals surface area (Å²) in [5, 5.41) is 8.16. The van der Waals surface area contributed by atoms with Crippen LogP contribution >= 0.6 is 11.3 Å². The van der Waals surface area contributed by atoms with Crippen molar-refractivity contribution >= 4 is 11.3 Å². The third kappa shape index (κ3) is 4.40. The zero-order valence-electron chi connectivity index (χ0n) is 13.2. The minimum absolute atomic E-state index is 0.299. The highest BCUT2D eigenvalue weighted by Gasteiger charge is 2.16. The molecule has 2 rings (SSSR count). The second kappa shape index (κ2) is 8.32. The fourth-order valence-electron chi connectivity index (χ4n) is 2.46. The Bertz CT molecular complexity index is 532. The molecule has 3 heteroatoms. The summed E-state index contributed by atoms with van der Waals surface area (Å²) in [6.07, 6.45) is 2.12. The van der Waals surface area contributed by atoms with Crippen LogP contribution in [0.4, 0.5) is 0 Å². The molecule has 114 valence electrons. The molecule has 1 heterocycles. The number of thiophene rings is 1. The van der Waals surface area contributed by atoms with Gasteiger partial charge in [0.15, 0.2) is 0 Å². The highest BCUT2D eigenvalue weighted by Crippen LogP contribution is 2.28. The van der Waals surface area contributed by atoms with Gasteiger partial charge in [0, 0.05) is 7.11 Å². The van der Waals surface area contributed by atoms with E-state index < -0.39 is 0 Å². The van der Waals surface area contributed by atoms with Gasteiger partial charge >= 0.3 is 0 Å². The molecule has 0 saturated heterocycles. The Hall–Kier alpha value is -1.16. The molecule has 21 heavy (non-hydrogen) atoms. The lowest BCUT2D eigenvalue weighted by Gasteiger charge is -2.20. The summed E-state index contributed by atoms with van der Waals surface area (Å²) < 4.78 is 5.14. The number of aryl methyl sites for hydroxylation is 1. The third-order valence-electron chi connectivity index (χ3n) is 3.71. The molecule has 1 aromatic heterocycles. The summed E-state index contributed by atoms with van der Waals surface area (Å²) in [7, 11) is 1.75. The number of hydrogen-bond acceptors (Lipinski definition) is 3. The van der Waals surface area contributed by atoms with Gasteiger partial charge in [-0.15, -0.1) is 0 Å². The molecule has 0 spiro atoms. The highest BCUT2D eigenvalue weighted by molar-refractivity contribution is 7.08. The van der Waals surface area contributed by atoms with Crippen molar-refractivity contribution in [2.24, 2.45) is 0 Å². The molecule has 2 aromatic rings. The van der Waals surface area contributed by atoms with E-state index in [1.807, 2.05) is 0 Å². The Labute approximate surface area is 132 Å². The van der Waals surface area contributed by atoms with Gasteiger partial charge in [-0.1, -0.05) is 31.2 Å². The minimum Gasteiger partial charge on any atom is -0.384 e. The van der Waals surface area contributed by atoms with Gasteiger partial charge in [0.2, 0.25) is 0 Å². The van der Waals surface area contributed by atoms with E-state index in [2.05, 4.69) is 54.2 Å². The summed E-state index contributed by atoms with van der Waals surface area (Å²) in [5.74, 6) is 0. The molecule has 1 unspecified atom stereocenters. The van der Waals surface area contributed by atoms with Crippen molar-refractivity contribution in [1.82, 2.24) is 5.32 Å². The Kier molecular flexibility index (Phi) is 6.43. The second-order valence-corrected chi connectivity index (χ2v) is 6.13. The summed E-state index contributed by atoms with van der Waals surface area (Å²) >= 11 is 1.78. The van der Waals surface area contributed by atoms with Crippen LogP contribution in [0.3, 0.4) is 0 Å². The molecule has 0 radical (unpaired) electrons. The summed E-state index contributed by atoms with van der Waals surface area (Å²) in [4.78, 5) is 0. The SMILES string of the molecule is CCCNC(c1ccc(CCOC)cc1)c1cscc1C. The monoisotopic (exact) mass is 303 g/mol. The van der Waals surface area contributed by atoms with E-state index in [0.29, 0.717) is 6.04 Å². The number of methoxy groups -OCH3 is 1. The number of ether oxygens (including phenoxy) is 1. The first-order chi connectivity index (χ1) is 10.3. The van der Waals surface area contributed by atoms with Gasteiger partial charge in [-0.2, -0.15) is 11.3 Å². The molecule has 0 saturated carbocycles. The molecule has 1 N–H and O–H groups in total. The fraction of sp³-hybridized carbons (Fsp3) is 0.444. The van der Waals surface area contributed by atoms with Crippen LogP contribution in [-0.2, 0) is 11.2 Å². The smallest absolute Gasteiger partial charge is 0.0587 e. The first-order valence-corrected chi connectivity index (χ1v) is 8.54. The molecule has 0 bridgehead atoms. The van der Waals surface area contributed by atoms with Crippen molar-refractivity contribution in [3.8, 4) is 0 Å². The van der Waals surface area contributed by atoms with Crippen LogP contribution in [0.2, 0.25) is 0 Å². The fourth-order valence-corrected chi connectivity index (χ4v) is 3.34. The van der Waals surface area contributed by atoms with Gasteiger partial charge in [-0.25, -0.2) is 0 Å². The lowest BCUT2D eigenvalue weighted by molar-refractivity contribution is 0.202. The van der Waals surface area contributed by atoms with Gasteiger partial charge in [-0.05, 0) is 59.3 Å². The van der Waals surface area contributed by atoms with Crippen molar-refractivity contribution in [2.45, 2.75) is 32.7 Å². The number of benzene rings is 1. The predicted molar refractivity (Wildman–Crippen MR) is 91.2 cm³/mol. The van der Waals surface area contributed by atoms with Gasteiger partial charge in [0.1, 0.15) is 0 Å². The molecular formula is C18H25NOS. The Morgan fingerprint density at radius 2 is 1.95 bits per heavy atom. The second-order valence-electron chi connectivity index (χ2n) is 5.38. The zero-order chi connectivity index (χ0) is 15.1. The van der Waals surface area contributed by atoms with Crippen LogP contribution in [0.15, 0.2) is 35.0 Å². The molecular weight excluding hydrogens is 278 g/mol. The minimum atomic E-state index is 0.299. The first kappa shape index (κ1) is 16.2. The van der Waals surface area contributed by atoms with E-state index >= 15 is 0 Å². The normalized spacial score (nSPS) is 12.5. The molecule has 0 fully saturated rings. The number of rotatable bonds is 8. The maximum absolute atomic E-state index is 5.14. The van der Waals surface area contributed by atoms with Crippen LogP contribution in [0.1, 0.15) is 41.6 Å². The Morgan fingerprint density at radius 3 is 2.52 bits per heavy atom. The highest BCUT2D eigenvalue weighted by atomic mass is 32.1. The van der Waals surface area contributed by atoms with E-state index in [4.69, 9.17) is 4.74 Å². The van der Waals surface area contributed by atoms with Crippen LogP contribution in [-0.4, -0.2) is 20.3 Å². The summed E-state index contributed by atoms with van der Waals surface area (Å²) in [5.41, 5.74) is 5.44. The summed E-state index contributed by atoms with van der Waals surface area (Å²) in [6.45, 7) is 6.21. The average molecular weight is 303 g/mol. The molecule has 0 aliphatic rings. The van der Waals surface area contributed by atoms with Crippen LogP contribution < -0.4 is 5.32 Å². The van der Waals surface area contributed by atoms with E-state index in [-0.39, 0.29) is 0 Å². The van der Waals surface area contributed by atoms with E-state index in [1.54, 1.807) is 18.4 Å². The van der Waals surface area contributed by atoms with E-state index in [0.717, 1.165) is 26.0 Å². The predicted octanol–water partition coefficient (Wildman–Crippen LogP) is 4.33. The largest absolute Gasteiger partial charge is 0.384 e. The van der Waals surface area contributed by atoms with Crippen LogP contribution in [0, 0.1) is 6.92 Å². The maximum Gasteiger partial charge on any atom is 0.0587 e. The quantitative estimate of drug-likeness (QED) is 0.783. The lowest BCUT2D eigenvalue weighted by atomic mass is 9.97. The van der Waals surface area contributed by atoms with Gasteiger partial charge in [-0.3, -0.25) is 0 Å². The molecule has 0 aliphatic carbocycles. The Balaban J connectivity index is 2.18. The van der Waals surface area contributed by atoms with Crippen molar-refractivity contribution < 1.29 is 4.74 Å². The average Bonchev–Trinajstić information content (AvgIpc) is 2.93. The molecule has 1 aromatic carbocycles. The van der Waals surface area contributed by atoms with Gasteiger partial charge in [0.05, 0.1) is 12.6 Å². The summed E-state index contributed by atoms with van der Waals surface area (Å²) in [6, 6.07) is 9.23. The van der Waals surface area contributed by atoms with Crippen molar-refractivity contribution in [1.29, 1.82) is 0 Å². The number of nitrogens with one attached hydrogen (secondary N) is 1. The van der Waals surface area contributed by atoms with Crippen molar-refractivity contribution in [3.63, 3.8) is 0 Å². The van der Waals surface area contributed by atoms with Crippen LogP contribution in [0.25, 0.3) is 0 Å². The molecule has 0 amide bonds. The molecule has 0 aliphatic heterocycles. The first-order valence-electron chi connectivity index (χ1n) is 7.60. The maximum atomic E-state index is 5.14. The molecule has 2 nitrogen and oxygen atoms in total. The van der Waals surface area contributed by atoms with Gasteiger partial charge < -0.3 is 10.1 Å². The number of hydrogen-bond donors (Lipinski definition) is 1. The van der Waals surface area contributed by atoms with Crippen molar-refractivity contribution in [2.75, 3.05) is 20.3 Å². The topological polar surface area (TPSA) is 21.3 Å². The Morgan fingerprint density at radius 1 is 1.19 bits per heavy atom. The van der Waals surface area contributed by atoms with Crippen molar-refractivity contribution in [3.05, 3.63) is 57.3 Å². The zero-order valence-corrected chi connectivity index (χ0v) is 14.0. The van der Waals surface area contributed by atoms with E-state index in [9.17, 15) is 0 Å². The lowest BCUT2D eigenvalue weighted by Crippen LogP contribution is -2.23.